The zero-order chi connectivity index (χ0) is 47.5. The van der Waals surface area contributed by atoms with Gasteiger partial charge in [0.2, 0.25) is 0 Å². The van der Waals surface area contributed by atoms with Gasteiger partial charge in [-0.25, -0.2) is 4.98 Å². The van der Waals surface area contributed by atoms with E-state index in [1.165, 1.54) is 42.7 Å². The minimum Gasteiger partial charge on any atom is -0.504 e. The number of aryl methyl sites for hydroxylation is 4. The van der Waals surface area contributed by atoms with Gasteiger partial charge in [-0.1, -0.05) is 72.8 Å². The van der Waals surface area contributed by atoms with Gasteiger partial charge in [-0.2, -0.15) is 0 Å². The molecule has 7 N–H and O–H groups in total. The van der Waals surface area contributed by atoms with Crippen LogP contribution in [0.5, 0.6) is 11.5 Å². The first-order chi connectivity index (χ1) is 33.0. The number of aliphatic hydroxyl groups is 1. The number of nitrogens with one attached hydrogen (secondary N) is 3. The standard InChI is InChI=1S/C58H75N5O5/c1-39(64)36-62-49-21-24-58(34-49,35-53-52-22-26-60-37-48(52)28-45-13-8-25-61-57(45)53)23-7-14-50(65)33-51(66)20-19-43-31-55(68-2)54(67)30-46(43)29-47-38-63-56(59)32-44(47)18-17-42-12-6-11-41(27-42)16-15-40-9-4-3-5-10-40/h3-6,8-13,19-20,27,30-32,38-39,45,48-49,52-53,57,60-62,64,67H,7,14-18,21-26,28-29,33-37H2,1-2H3,(H2,59,63). The van der Waals surface area contributed by atoms with E-state index in [0.29, 0.717) is 66.7 Å². The van der Waals surface area contributed by atoms with Crippen molar-refractivity contribution in [2.75, 3.05) is 39.0 Å². The monoisotopic (exact) mass is 922 g/mol. The molecule has 1 saturated heterocycles. The Balaban J connectivity index is 0.900. The van der Waals surface area contributed by atoms with E-state index in [1.807, 2.05) is 25.3 Å². The Bertz CT molecular complexity index is 2380. The molecule has 0 bridgehead atoms. The molecule has 0 radical (unpaired) electrons. The molecule has 362 valence electrons. The number of nitrogen functional groups attached to an aromatic ring is 1. The van der Waals surface area contributed by atoms with Crippen LogP contribution in [0.1, 0.15) is 110 Å². The molecule has 10 nitrogen and oxygen atoms in total. The summed E-state index contributed by atoms with van der Waals surface area (Å²) >= 11 is 0. The minimum atomic E-state index is -0.390. The average molecular weight is 922 g/mol. The van der Waals surface area contributed by atoms with Crippen LogP contribution in [0.25, 0.3) is 6.08 Å². The highest BCUT2D eigenvalue weighted by Crippen LogP contribution is 2.53. The van der Waals surface area contributed by atoms with E-state index in [-0.39, 0.29) is 35.3 Å². The number of aromatic nitrogens is 1. The number of aromatic hydroxyl groups is 1. The predicted octanol–water partition coefficient (Wildman–Crippen LogP) is 8.54. The van der Waals surface area contributed by atoms with Crippen LogP contribution < -0.4 is 26.4 Å². The number of rotatable bonds is 22. The number of benzene rings is 3. The molecular formula is C58H75N5O5. The number of aliphatic hydroxyl groups excluding tert-OH is 1. The number of pyridine rings is 1. The molecule has 0 amide bonds. The van der Waals surface area contributed by atoms with Crippen molar-refractivity contribution in [2.45, 2.75) is 121 Å². The van der Waals surface area contributed by atoms with Gasteiger partial charge in [-0.05, 0) is 196 Å². The molecule has 68 heavy (non-hydrogen) atoms. The van der Waals surface area contributed by atoms with Crippen molar-refractivity contribution in [3.05, 3.63) is 136 Å². The van der Waals surface area contributed by atoms with Gasteiger partial charge in [0.05, 0.1) is 19.6 Å². The Labute approximate surface area is 404 Å². The number of fused-ring (bicyclic) bond motifs is 2. The smallest absolute Gasteiger partial charge is 0.163 e. The Morgan fingerprint density at radius 2 is 1.78 bits per heavy atom. The Hall–Kier alpha value is -5.13. The lowest BCUT2D eigenvalue weighted by molar-refractivity contribution is -0.124. The third-order valence-electron chi connectivity index (χ3n) is 15.8. The highest BCUT2D eigenvalue weighted by molar-refractivity contribution is 6.06. The van der Waals surface area contributed by atoms with E-state index in [0.717, 1.165) is 106 Å². The molecule has 4 aliphatic rings. The molecule has 2 aliphatic carbocycles. The highest BCUT2D eigenvalue weighted by atomic mass is 16.5. The summed E-state index contributed by atoms with van der Waals surface area (Å²) in [6.45, 7) is 5.56. The maximum Gasteiger partial charge on any atom is 0.163 e. The van der Waals surface area contributed by atoms with Gasteiger partial charge < -0.3 is 36.6 Å². The first kappa shape index (κ1) is 49.3. The fraction of sp³-hybridized carbons (Fsp3) is 0.500. The van der Waals surface area contributed by atoms with E-state index < -0.39 is 0 Å². The quantitative estimate of drug-likeness (QED) is 0.0257. The molecule has 3 heterocycles. The number of allylic oxidation sites excluding steroid dienone is 1. The van der Waals surface area contributed by atoms with Crippen molar-refractivity contribution in [3.8, 4) is 11.5 Å². The number of methoxy groups -OCH3 is 1. The first-order valence-electron chi connectivity index (χ1n) is 25.5. The van der Waals surface area contributed by atoms with Gasteiger partial charge >= 0.3 is 0 Å². The molecule has 2 aliphatic heterocycles. The van der Waals surface area contributed by atoms with Crippen molar-refractivity contribution in [2.24, 2.45) is 29.1 Å². The lowest BCUT2D eigenvalue weighted by Crippen LogP contribution is -2.56. The van der Waals surface area contributed by atoms with Crippen molar-refractivity contribution in [1.82, 2.24) is 20.9 Å². The number of Topliss-reactive ketones (excluding diaryl/α,β-unsaturated/α-hetero) is 1. The Kier molecular flexibility index (Phi) is 17.0. The SMILES string of the molecule is COc1cc(C=CC(=O)CC(=O)CCCC2(CC3C4CCNCC4CC4C=CCNC43)CCC(NCC(C)O)C2)c(Cc2cnc(N)cc2CCc2cccc(CCc3ccccc3)c2)cc1O. The van der Waals surface area contributed by atoms with Gasteiger partial charge in [0.15, 0.2) is 17.3 Å². The summed E-state index contributed by atoms with van der Waals surface area (Å²) in [4.78, 5) is 31.5. The summed E-state index contributed by atoms with van der Waals surface area (Å²) in [6.07, 6.45) is 22.3. The number of anilines is 1. The summed E-state index contributed by atoms with van der Waals surface area (Å²) in [7, 11) is 1.51. The van der Waals surface area contributed by atoms with Crippen LogP contribution in [0.15, 0.2) is 97.2 Å². The molecule has 0 spiro atoms. The number of nitrogens with two attached hydrogens (primary N) is 1. The average Bonchev–Trinajstić information content (AvgIpc) is 3.75. The number of carbonyl (C=O) groups is 2. The van der Waals surface area contributed by atoms with Gasteiger partial charge in [0, 0.05) is 37.8 Å². The lowest BCUT2D eigenvalue weighted by atomic mass is 9.57. The number of phenols is 1. The fourth-order valence-electron chi connectivity index (χ4n) is 12.4. The third kappa shape index (κ3) is 13.1. The van der Waals surface area contributed by atoms with Crippen LogP contribution in [0.2, 0.25) is 0 Å². The first-order valence-corrected chi connectivity index (χ1v) is 25.5. The lowest BCUT2D eigenvalue weighted by Gasteiger charge is -2.52. The summed E-state index contributed by atoms with van der Waals surface area (Å²) < 4.78 is 5.49. The van der Waals surface area contributed by atoms with Gasteiger partial charge in [-0.3, -0.25) is 9.59 Å². The maximum absolute atomic E-state index is 13.6. The van der Waals surface area contributed by atoms with Gasteiger partial charge in [-0.15, -0.1) is 0 Å². The van der Waals surface area contributed by atoms with Crippen LogP contribution in [0.4, 0.5) is 5.82 Å². The second-order valence-corrected chi connectivity index (χ2v) is 20.7. The zero-order valence-electron chi connectivity index (χ0n) is 40.4. The van der Waals surface area contributed by atoms with E-state index in [4.69, 9.17) is 10.5 Å². The van der Waals surface area contributed by atoms with E-state index >= 15 is 0 Å². The molecule has 3 fully saturated rings. The summed E-state index contributed by atoms with van der Waals surface area (Å²) in [5, 5.41) is 32.3. The summed E-state index contributed by atoms with van der Waals surface area (Å²) in [6, 6.07) is 25.6. The highest BCUT2D eigenvalue weighted by Gasteiger charge is 2.49. The number of nitrogens with zero attached hydrogens (tertiary/aromatic N) is 1. The minimum absolute atomic E-state index is 0.00855. The molecule has 1 aromatic heterocycles. The van der Waals surface area contributed by atoms with Crippen LogP contribution >= 0.6 is 0 Å². The summed E-state index contributed by atoms with van der Waals surface area (Å²) in [5.74, 6) is 3.05. The molecule has 8 atom stereocenters. The molecular weight excluding hydrogens is 847 g/mol. The maximum atomic E-state index is 13.6. The van der Waals surface area contributed by atoms with Crippen LogP contribution in [-0.4, -0.2) is 78.2 Å². The Morgan fingerprint density at radius 3 is 2.59 bits per heavy atom. The zero-order valence-corrected chi connectivity index (χ0v) is 40.4. The van der Waals surface area contributed by atoms with Crippen molar-refractivity contribution in [1.29, 1.82) is 0 Å². The van der Waals surface area contributed by atoms with Crippen molar-refractivity contribution in [3.63, 3.8) is 0 Å². The molecule has 2 saturated carbocycles. The molecule has 10 heteroatoms. The van der Waals surface area contributed by atoms with E-state index in [9.17, 15) is 19.8 Å². The largest absolute Gasteiger partial charge is 0.504 e. The normalized spacial score (nSPS) is 24.9. The Morgan fingerprint density at radius 1 is 0.985 bits per heavy atom. The van der Waals surface area contributed by atoms with E-state index in [2.05, 4.69) is 81.6 Å². The number of ketones is 2. The molecule has 3 aromatic carbocycles. The third-order valence-corrected chi connectivity index (χ3v) is 15.8. The number of ether oxygens (including phenoxy) is 1. The molecule has 8 rings (SSSR count). The topological polar surface area (TPSA) is 159 Å². The summed E-state index contributed by atoms with van der Waals surface area (Å²) in [5.41, 5.74) is 13.8. The number of hydrogen-bond acceptors (Lipinski definition) is 10. The molecule has 8 unspecified atom stereocenters. The van der Waals surface area contributed by atoms with E-state index in [1.54, 1.807) is 18.2 Å². The van der Waals surface area contributed by atoms with Crippen molar-refractivity contribution < 1.29 is 24.5 Å². The van der Waals surface area contributed by atoms with Crippen LogP contribution in [-0.2, 0) is 41.7 Å². The van der Waals surface area contributed by atoms with Gasteiger partial charge in [0.1, 0.15) is 11.6 Å². The second-order valence-electron chi connectivity index (χ2n) is 20.7. The fourth-order valence-corrected chi connectivity index (χ4v) is 12.4. The number of hydrogen-bond donors (Lipinski definition) is 6. The molecule has 4 aromatic rings. The predicted molar refractivity (Wildman–Crippen MR) is 273 cm³/mol. The van der Waals surface area contributed by atoms with Crippen LogP contribution in [0, 0.1) is 29.1 Å². The number of carbonyl (C=O) groups excluding carboxylic acids is 2. The number of piperidine rings is 1. The van der Waals surface area contributed by atoms with Crippen molar-refractivity contribution >= 4 is 23.5 Å². The number of phenolic OH excluding ortho intramolecular Hbond substituents is 1. The van der Waals surface area contributed by atoms with Crippen LogP contribution in [0.3, 0.4) is 0 Å². The van der Waals surface area contributed by atoms with Gasteiger partial charge in [0.25, 0.3) is 0 Å². The second kappa shape index (κ2) is 23.5.